The lowest BCUT2D eigenvalue weighted by Gasteiger charge is -2.12. The van der Waals surface area contributed by atoms with Gasteiger partial charge >= 0.3 is 0 Å². The van der Waals surface area contributed by atoms with Gasteiger partial charge in [0.2, 0.25) is 5.91 Å². The molecule has 0 unspecified atom stereocenters. The van der Waals surface area contributed by atoms with Crippen molar-refractivity contribution in [3.63, 3.8) is 0 Å². The van der Waals surface area contributed by atoms with Crippen LogP contribution in [0.4, 0.5) is 5.69 Å². The van der Waals surface area contributed by atoms with E-state index in [4.69, 9.17) is 12.2 Å². The molecule has 1 aliphatic carbocycles. The van der Waals surface area contributed by atoms with E-state index in [1.165, 1.54) is 0 Å². The molecule has 2 rings (SSSR count). The van der Waals surface area contributed by atoms with E-state index in [2.05, 4.69) is 16.0 Å². The third-order valence-corrected chi connectivity index (χ3v) is 2.99. The van der Waals surface area contributed by atoms with Gasteiger partial charge in [0.15, 0.2) is 5.11 Å². The molecule has 96 valence electrons. The molecule has 1 saturated carbocycles. The average Bonchev–Trinajstić information content (AvgIpc) is 3.13. The van der Waals surface area contributed by atoms with Gasteiger partial charge in [-0.25, -0.2) is 0 Å². The standard InChI is InChI=1S/C13H17N3OS/c1-9-4-2-3-5-11(9)16-13(18)14-8-12(17)15-10-6-7-10/h2-5,10H,6-8H2,1H3,(H,15,17)(H2,14,16,18). The van der Waals surface area contributed by atoms with Gasteiger partial charge in [-0.2, -0.15) is 0 Å². The van der Waals surface area contributed by atoms with Crippen molar-refractivity contribution in [3.8, 4) is 0 Å². The maximum absolute atomic E-state index is 11.5. The summed E-state index contributed by atoms with van der Waals surface area (Å²) < 4.78 is 0. The summed E-state index contributed by atoms with van der Waals surface area (Å²) in [4.78, 5) is 11.5. The molecule has 0 bridgehead atoms. The summed E-state index contributed by atoms with van der Waals surface area (Å²) in [6.07, 6.45) is 2.19. The number of thiocarbonyl (C=S) groups is 1. The Kier molecular flexibility index (Phi) is 4.15. The van der Waals surface area contributed by atoms with Crippen LogP contribution in [-0.2, 0) is 4.79 Å². The number of para-hydroxylation sites is 1. The number of anilines is 1. The zero-order chi connectivity index (χ0) is 13.0. The van der Waals surface area contributed by atoms with Gasteiger partial charge in [-0.05, 0) is 43.6 Å². The summed E-state index contributed by atoms with van der Waals surface area (Å²) >= 11 is 5.14. The van der Waals surface area contributed by atoms with Crippen LogP contribution in [0, 0.1) is 6.92 Å². The summed E-state index contributed by atoms with van der Waals surface area (Å²) in [6.45, 7) is 2.22. The van der Waals surface area contributed by atoms with Crippen molar-refractivity contribution in [1.82, 2.24) is 10.6 Å². The van der Waals surface area contributed by atoms with E-state index in [1.807, 2.05) is 31.2 Å². The first kappa shape index (κ1) is 12.8. The molecule has 0 radical (unpaired) electrons. The number of carbonyl (C=O) groups excluding carboxylic acids is 1. The average molecular weight is 263 g/mol. The van der Waals surface area contributed by atoms with Crippen molar-refractivity contribution in [2.24, 2.45) is 0 Å². The Morgan fingerprint density at radius 1 is 1.39 bits per heavy atom. The molecule has 4 nitrogen and oxygen atoms in total. The zero-order valence-electron chi connectivity index (χ0n) is 10.3. The molecule has 0 spiro atoms. The molecule has 1 amide bonds. The Morgan fingerprint density at radius 3 is 2.78 bits per heavy atom. The molecule has 0 aliphatic heterocycles. The predicted octanol–water partition coefficient (Wildman–Crippen LogP) is 1.56. The summed E-state index contributed by atoms with van der Waals surface area (Å²) in [7, 11) is 0. The smallest absolute Gasteiger partial charge is 0.239 e. The van der Waals surface area contributed by atoms with Crippen molar-refractivity contribution >= 4 is 28.9 Å². The van der Waals surface area contributed by atoms with Crippen LogP contribution in [-0.4, -0.2) is 23.6 Å². The molecule has 1 fully saturated rings. The second-order valence-electron chi connectivity index (χ2n) is 4.46. The first-order chi connectivity index (χ1) is 8.65. The largest absolute Gasteiger partial charge is 0.353 e. The highest BCUT2D eigenvalue weighted by atomic mass is 32.1. The number of hydrogen-bond donors (Lipinski definition) is 3. The highest BCUT2D eigenvalue weighted by Crippen LogP contribution is 2.18. The summed E-state index contributed by atoms with van der Waals surface area (Å²) in [5.74, 6) is -0.00793. The second-order valence-corrected chi connectivity index (χ2v) is 4.87. The quantitative estimate of drug-likeness (QED) is 0.722. The number of amides is 1. The first-order valence-electron chi connectivity index (χ1n) is 6.05. The van der Waals surface area contributed by atoms with E-state index in [9.17, 15) is 4.79 Å². The molecule has 0 atom stereocenters. The van der Waals surface area contributed by atoms with Crippen molar-refractivity contribution in [3.05, 3.63) is 29.8 Å². The van der Waals surface area contributed by atoms with E-state index < -0.39 is 0 Å². The Balaban J connectivity index is 1.74. The molecule has 0 heterocycles. The van der Waals surface area contributed by atoms with Gasteiger partial charge in [-0.3, -0.25) is 4.79 Å². The van der Waals surface area contributed by atoms with Crippen LogP contribution in [0.2, 0.25) is 0 Å². The van der Waals surface area contributed by atoms with E-state index in [0.717, 1.165) is 24.1 Å². The van der Waals surface area contributed by atoms with E-state index >= 15 is 0 Å². The normalized spacial score (nSPS) is 13.8. The highest BCUT2D eigenvalue weighted by Gasteiger charge is 2.22. The molecular weight excluding hydrogens is 246 g/mol. The third kappa shape index (κ3) is 4.00. The van der Waals surface area contributed by atoms with Gasteiger partial charge in [-0.15, -0.1) is 0 Å². The lowest BCUT2D eigenvalue weighted by molar-refractivity contribution is -0.120. The molecule has 0 aromatic heterocycles. The minimum Gasteiger partial charge on any atom is -0.353 e. The lowest BCUT2D eigenvalue weighted by atomic mass is 10.2. The van der Waals surface area contributed by atoms with Crippen molar-refractivity contribution < 1.29 is 4.79 Å². The summed E-state index contributed by atoms with van der Waals surface area (Å²) in [6, 6.07) is 8.26. The maximum atomic E-state index is 11.5. The highest BCUT2D eigenvalue weighted by molar-refractivity contribution is 7.80. The molecule has 5 heteroatoms. The molecule has 1 aromatic rings. The lowest BCUT2D eigenvalue weighted by Crippen LogP contribution is -2.39. The molecule has 3 N–H and O–H groups in total. The van der Waals surface area contributed by atoms with Crippen LogP contribution in [0.3, 0.4) is 0 Å². The van der Waals surface area contributed by atoms with E-state index in [1.54, 1.807) is 0 Å². The first-order valence-corrected chi connectivity index (χ1v) is 6.46. The minimum absolute atomic E-state index is 0.00793. The van der Waals surface area contributed by atoms with E-state index in [0.29, 0.717) is 11.2 Å². The van der Waals surface area contributed by atoms with E-state index in [-0.39, 0.29) is 12.5 Å². The van der Waals surface area contributed by atoms with Crippen molar-refractivity contribution in [2.75, 3.05) is 11.9 Å². The Morgan fingerprint density at radius 2 is 2.11 bits per heavy atom. The number of benzene rings is 1. The van der Waals surface area contributed by atoms with Crippen LogP contribution in [0.25, 0.3) is 0 Å². The number of carbonyl (C=O) groups is 1. The number of rotatable bonds is 4. The third-order valence-electron chi connectivity index (χ3n) is 2.75. The number of nitrogens with one attached hydrogen (secondary N) is 3. The fourth-order valence-electron chi connectivity index (χ4n) is 1.55. The molecule has 1 aliphatic rings. The Labute approximate surface area is 112 Å². The number of aryl methyl sites for hydroxylation is 1. The van der Waals surface area contributed by atoms with Crippen LogP contribution in [0.15, 0.2) is 24.3 Å². The molecule has 1 aromatic carbocycles. The monoisotopic (exact) mass is 263 g/mol. The van der Waals surface area contributed by atoms with Crippen molar-refractivity contribution in [2.45, 2.75) is 25.8 Å². The van der Waals surface area contributed by atoms with Gasteiger partial charge in [0, 0.05) is 11.7 Å². The maximum Gasteiger partial charge on any atom is 0.239 e. The van der Waals surface area contributed by atoms with Gasteiger partial charge in [0.1, 0.15) is 0 Å². The molecular formula is C13H17N3OS. The number of hydrogen-bond acceptors (Lipinski definition) is 2. The topological polar surface area (TPSA) is 53.2 Å². The Hall–Kier alpha value is -1.62. The van der Waals surface area contributed by atoms with Gasteiger partial charge in [-0.1, -0.05) is 18.2 Å². The van der Waals surface area contributed by atoms with Crippen LogP contribution >= 0.6 is 12.2 Å². The van der Waals surface area contributed by atoms with Crippen LogP contribution < -0.4 is 16.0 Å². The molecule has 18 heavy (non-hydrogen) atoms. The zero-order valence-corrected chi connectivity index (χ0v) is 11.1. The fourth-order valence-corrected chi connectivity index (χ4v) is 1.73. The Bertz CT molecular complexity index is 457. The van der Waals surface area contributed by atoms with Gasteiger partial charge in [0.25, 0.3) is 0 Å². The minimum atomic E-state index is -0.00793. The fraction of sp³-hybridized carbons (Fsp3) is 0.385. The van der Waals surface area contributed by atoms with Gasteiger partial charge < -0.3 is 16.0 Å². The van der Waals surface area contributed by atoms with Gasteiger partial charge in [0.05, 0.1) is 6.54 Å². The van der Waals surface area contributed by atoms with Crippen LogP contribution in [0.1, 0.15) is 18.4 Å². The van der Waals surface area contributed by atoms with Crippen LogP contribution in [0.5, 0.6) is 0 Å². The summed E-state index contributed by atoms with van der Waals surface area (Å²) in [5.41, 5.74) is 2.07. The predicted molar refractivity (Wildman–Crippen MR) is 76.6 cm³/mol. The second kappa shape index (κ2) is 5.82. The molecule has 0 saturated heterocycles. The summed E-state index contributed by atoms with van der Waals surface area (Å²) in [5, 5.41) is 9.34. The SMILES string of the molecule is Cc1ccccc1NC(=S)NCC(=O)NC1CC1. The van der Waals surface area contributed by atoms with Crippen molar-refractivity contribution in [1.29, 1.82) is 0 Å².